The van der Waals surface area contributed by atoms with Crippen molar-refractivity contribution in [3.63, 3.8) is 0 Å². The van der Waals surface area contributed by atoms with Crippen molar-refractivity contribution >= 4 is 49.8 Å². The molecule has 0 amide bonds. The van der Waals surface area contributed by atoms with E-state index in [4.69, 9.17) is 16.8 Å². The molecule has 0 radical (unpaired) electrons. The van der Waals surface area contributed by atoms with Crippen molar-refractivity contribution in [3.8, 4) is 44.5 Å². The predicted molar refractivity (Wildman–Crippen MR) is 228 cm³/mol. The lowest BCUT2D eigenvalue weighted by Crippen LogP contribution is -2.12. The summed E-state index contributed by atoms with van der Waals surface area (Å²) >= 11 is 0. The van der Waals surface area contributed by atoms with E-state index < -0.39 is 101 Å². The first-order valence-electron chi connectivity index (χ1n) is 23.9. The van der Waals surface area contributed by atoms with Crippen molar-refractivity contribution in [2.45, 2.75) is 0 Å². The fourth-order valence-electron chi connectivity index (χ4n) is 6.97. The lowest BCUT2D eigenvalue weighted by atomic mass is 9.97. The molecule has 0 fully saturated rings. The van der Waals surface area contributed by atoms with Gasteiger partial charge in [-0.25, -0.2) is 0 Å². The second-order valence-electron chi connectivity index (χ2n) is 12.7. The Hall–Kier alpha value is -7.16. The molecular formula is C52H35NO. The van der Waals surface area contributed by atoms with Gasteiger partial charge in [-0.3, -0.25) is 0 Å². The van der Waals surface area contributed by atoms with Crippen LogP contribution in [0.15, 0.2) is 216 Å². The van der Waals surface area contributed by atoms with Crippen molar-refractivity contribution in [2.24, 2.45) is 0 Å². The summed E-state index contributed by atoms with van der Waals surface area (Å²) in [5.74, 6) is 0. The fraction of sp³-hybridized carbons (Fsp3) is 0. The molecule has 0 saturated carbocycles. The highest BCUT2D eigenvalue weighted by Crippen LogP contribution is 2.46. The maximum Gasteiger partial charge on any atom is 0.143 e. The topological polar surface area (TPSA) is 16.4 Å². The number of hydrogen-bond acceptors (Lipinski definition) is 2. The van der Waals surface area contributed by atoms with Crippen LogP contribution in [0, 0.1) is 0 Å². The number of fused-ring (bicyclic) bond motifs is 5. The molecule has 254 valence electrons. The van der Waals surface area contributed by atoms with Crippen LogP contribution >= 0.6 is 0 Å². The van der Waals surface area contributed by atoms with Gasteiger partial charge >= 0.3 is 0 Å². The minimum atomic E-state index is -0.779. The van der Waals surface area contributed by atoms with E-state index >= 15 is 0 Å². The van der Waals surface area contributed by atoms with Crippen LogP contribution in [0.1, 0.15) is 17.8 Å². The molecule has 10 aromatic rings. The highest BCUT2D eigenvalue weighted by molar-refractivity contribution is 6.15. The van der Waals surface area contributed by atoms with Crippen LogP contribution in [0.3, 0.4) is 0 Å². The van der Waals surface area contributed by atoms with Gasteiger partial charge in [-0.1, -0.05) is 170 Å². The smallest absolute Gasteiger partial charge is 0.143 e. The minimum absolute atomic E-state index is 0.151. The average molecular weight is 703 g/mol. The van der Waals surface area contributed by atoms with Crippen LogP contribution in [0.25, 0.3) is 77.2 Å². The predicted octanol–water partition coefficient (Wildman–Crippen LogP) is 14.9. The number of hydrogen-bond donors (Lipinski definition) is 0. The van der Waals surface area contributed by atoms with Crippen LogP contribution in [0.4, 0.5) is 17.1 Å². The van der Waals surface area contributed by atoms with Crippen molar-refractivity contribution in [1.82, 2.24) is 0 Å². The van der Waals surface area contributed by atoms with Crippen LogP contribution in [0.2, 0.25) is 0 Å². The summed E-state index contributed by atoms with van der Waals surface area (Å²) in [7, 11) is 0. The summed E-state index contributed by atoms with van der Waals surface area (Å²) < 4.78 is 123. The van der Waals surface area contributed by atoms with Gasteiger partial charge < -0.3 is 9.32 Å². The molecule has 0 aliphatic heterocycles. The van der Waals surface area contributed by atoms with E-state index in [-0.39, 0.29) is 5.69 Å². The second-order valence-corrected chi connectivity index (χ2v) is 12.7. The minimum Gasteiger partial charge on any atom is -0.455 e. The zero-order chi connectivity index (χ0) is 47.2. The Balaban J connectivity index is 1.22. The van der Waals surface area contributed by atoms with E-state index in [0.717, 1.165) is 38.3 Å². The fourth-order valence-corrected chi connectivity index (χ4v) is 6.97. The van der Waals surface area contributed by atoms with E-state index in [2.05, 4.69) is 6.07 Å². The highest BCUT2D eigenvalue weighted by Gasteiger charge is 2.21. The lowest BCUT2D eigenvalue weighted by Gasteiger charge is -2.30. The Bertz CT molecular complexity index is 3610. The average Bonchev–Trinajstić information content (AvgIpc) is 3.74. The zero-order valence-corrected chi connectivity index (χ0v) is 28.6. The number of rotatable bonds is 7. The van der Waals surface area contributed by atoms with E-state index in [9.17, 15) is 5.48 Å². The highest BCUT2D eigenvalue weighted by atomic mass is 16.3. The standard InChI is InChI=1S/C52H35NO/c1-3-13-36(14-4-1)37-23-25-38(26-24-37)39-27-31-43(32-28-39)53(49-21-11-9-18-44(49)40-15-5-2-6-16-40)50-22-12-10-19-45(50)42-30-34-51-48(35-42)47-33-29-41-17-7-8-20-46(41)52(47)54-51/h1-35H/i1D,3D,4D,13D,14D,23D,24D,25D,26D,27D,28D,31D,32D. The van der Waals surface area contributed by atoms with Gasteiger partial charge in [0.1, 0.15) is 11.2 Å². The number of para-hydroxylation sites is 2. The molecule has 0 atom stereocenters. The third-order valence-electron chi connectivity index (χ3n) is 9.51. The van der Waals surface area contributed by atoms with Gasteiger partial charge in [-0.15, -0.1) is 0 Å². The molecule has 0 spiro atoms. The molecule has 54 heavy (non-hydrogen) atoms. The molecule has 0 saturated heterocycles. The third kappa shape index (κ3) is 5.62. The first-order chi connectivity index (χ1) is 32.2. The molecule has 0 N–H and O–H groups in total. The first kappa shape index (κ1) is 20.8. The number of furan rings is 1. The van der Waals surface area contributed by atoms with Gasteiger partial charge in [0.15, 0.2) is 0 Å². The molecule has 9 aromatic carbocycles. The normalized spacial score (nSPS) is 14.7. The Morgan fingerprint density at radius 3 is 1.67 bits per heavy atom. The van der Waals surface area contributed by atoms with Gasteiger partial charge in [0.25, 0.3) is 0 Å². The zero-order valence-electron chi connectivity index (χ0n) is 41.6. The molecule has 2 heteroatoms. The van der Waals surface area contributed by atoms with Crippen LogP contribution in [0.5, 0.6) is 0 Å². The molecule has 1 heterocycles. The monoisotopic (exact) mass is 702 g/mol. The van der Waals surface area contributed by atoms with Crippen molar-refractivity contribution < 1.29 is 22.2 Å². The molecule has 1 aromatic heterocycles. The van der Waals surface area contributed by atoms with Crippen molar-refractivity contribution in [2.75, 3.05) is 4.90 Å². The SMILES string of the molecule is [2H]c1c([2H])c([2H])c(-c2c([2H])c([2H])c(-c3c([2H])c([2H])c(N(c4ccccc4-c4ccccc4)c4ccccc4-c4ccc5oc6c7ccccc7ccc6c5c4)c([2H])c3[2H])c([2H])c2[2H])c([2H])c1[2H]. The lowest BCUT2D eigenvalue weighted by molar-refractivity contribution is 0.672. The Morgan fingerprint density at radius 1 is 0.389 bits per heavy atom. The van der Waals surface area contributed by atoms with Crippen LogP contribution in [-0.2, 0) is 0 Å². The maximum atomic E-state index is 9.72. The molecule has 0 aliphatic rings. The summed E-state index contributed by atoms with van der Waals surface area (Å²) in [6.45, 7) is 0. The van der Waals surface area contributed by atoms with Gasteiger partial charge in [0.05, 0.1) is 29.2 Å². The maximum absolute atomic E-state index is 9.72. The first-order valence-corrected chi connectivity index (χ1v) is 17.4. The second kappa shape index (κ2) is 13.4. The molecule has 0 aliphatic carbocycles. The van der Waals surface area contributed by atoms with Crippen LogP contribution in [-0.4, -0.2) is 0 Å². The summed E-state index contributed by atoms with van der Waals surface area (Å²) in [6, 6.07) is 33.3. The van der Waals surface area contributed by atoms with Crippen molar-refractivity contribution in [1.29, 1.82) is 0 Å². The number of benzene rings is 9. The molecule has 0 unspecified atom stereocenters. The summed E-state index contributed by atoms with van der Waals surface area (Å²) in [5.41, 5.74) is 3.16. The number of nitrogens with zero attached hydrogens (tertiary/aromatic N) is 1. The van der Waals surface area contributed by atoms with E-state index in [1.54, 1.807) is 4.90 Å². The summed E-state index contributed by atoms with van der Waals surface area (Å²) in [6.07, 6.45) is 0. The Labute approximate surface area is 333 Å². The molecule has 0 bridgehead atoms. The van der Waals surface area contributed by atoms with Crippen LogP contribution < -0.4 is 4.90 Å². The Kier molecular flexibility index (Phi) is 5.17. The van der Waals surface area contributed by atoms with E-state index in [1.807, 2.05) is 127 Å². The molecule has 2 nitrogen and oxygen atoms in total. The van der Waals surface area contributed by atoms with E-state index in [0.29, 0.717) is 28.1 Å². The van der Waals surface area contributed by atoms with E-state index in [1.165, 1.54) is 0 Å². The molecule has 10 rings (SSSR count). The Morgan fingerprint density at radius 2 is 0.963 bits per heavy atom. The van der Waals surface area contributed by atoms with Gasteiger partial charge in [-0.05, 0) is 81.2 Å². The van der Waals surface area contributed by atoms with Gasteiger partial charge in [0.2, 0.25) is 0 Å². The third-order valence-corrected chi connectivity index (χ3v) is 9.51. The largest absolute Gasteiger partial charge is 0.455 e. The summed E-state index contributed by atoms with van der Waals surface area (Å²) in [4.78, 5) is 1.68. The summed E-state index contributed by atoms with van der Waals surface area (Å²) in [5, 5.41) is 3.81. The van der Waals surface area contributed by atoms with Gasteiger partial charge in [0, 0.05) is 33.0 Å². The number of anilines is 3. The van der Waals surface area contributed by atoms with Crippen molar-refractivity contribution in [3.05, 3.63) is 212 Å². The molecular weight excluding hydrogens is 655 g/mol. The quantitative estimate of drug-likeness (QED) is 0.164. The van der Waals surface area contributed by atoms with Gasteiger partial charge in [-0.2, -0.15) is 0 Å².